The Kier molecular flexibility index (Phi) is 6.62. The molecule has 0 N–H and O–H groups in total. The average molecular weight is 455 g/mol. The van der Waals surface area contributed by atoms with Gasteiger partial charge in [0.15, 0.2) is 11.5 Å². The summed E-state index contributed by atoms with van der Waals surface area (Å²) in [4.78, 5) is 29.9. The molecule has 33 heavy (non-hydrogen) atoms. The van der Waals surface area contributed by atoms with E-state index in [1.165, 1.54) is 0 Å². The SMILES string of the molecule is COc1ccc(C2CCCN2C(=O)C2CC(=O)N(c3ccc(OC)c(OC)c3)C2)c(OC)c1. The first-order valence-electron chi connectivity index (χ1n) is 11.1. The second-order valence-electron chi connectivity index (χ2n) is 8.24. The second kappa shape index (κ2) is 9.60. The minimum absolute atomic E-state index is 0.00620. The van der Waals surface area contributed by atoms with Crippen LogP contribution in [0.15, 0.2) is 36.4 Å². The standard InChI is InChI=1S/C25H30N2O6/c1-30-18-8-9-19(22(14-18)32-3)20-6-5-11-26(20)25(29)16-12-24(28)27(15-16)17-7-10-21(31-2)23(13-17)33-4/h7-10,13-14,16,20H,5-6,11-12,15H2,1-4H3. The van der Waals surface area contributed by atoms with Crippen molar-refractivity contribution in [3.05, 3.63) is 42.0 Å². The first kappa shape index (κ1) is 22.8. The number of anilines is 1. The zero-order valence-electron chi connectivity index (χ0n) is 19.5. The highest BCUT2D eigenvalue weighted by Crippen LogP contribution is 2.41. The fourth-order valence-corrected chi connectivity index (χ4v) is 4.80. The minimum Gasteiger partial charge on any atom is -0.497 e. The van der Waals surface area contributed by atoms with E-state index in [2.05, 4.69) is 0 Å². The molecule has 8 nitrogen and oxygen atoms in total. The summed E-state index contributed by atoms with van der Waals surface area (Å²) in [6.45, 7) is 1.01. The third-order valence-electron chi connectivity index (χ3n) is 6.49. The number of amides is 2. The van der Waals surface area contributed by atoms with Crippen molar-refractivity contribution in [1.82, 2.24) is 4.90 Å². The molecule has 2 unspecified atom stereocenters. The number of ether oxygens (including phenoxy) is 4. The highest BCUT2D eigenvalue weighted by Gasteiger charge is 2.41. The monoisotopic (exact) mass is 454 g/mol. The topological polar surface area (TPSA) is 77.5 Å². The van der Waals surface area contributed by atoms with Crippen LogP contribution in [0.5, 0.6) is 23.0 Å². The maximum Gasteiger partial charge on any atom is 0.228 e. The van der Waals surface area contributed by atoms with E-state index in [9.17, 15) is 9.59 Å². The van der Waals surface area contributed by atoms with Crippen LogP contribution in [0.4, 0.5) is 5.69 Å². The fraction of sp³-hybridized carbons (Fsp3) is 0.440. The molecule has 2 amide bonds. The smallest absolute Gasteiger partial charge is 0.228 e. The first-order chi connectivity index (χ1) is 16.0. The molecule has 2 aromatic carbocycles. The average Bonchev–Trinajstić information content (AvgIpc) is 3.49. The summed E-state index contributed by atoms with van der Waals surface area (Å²) in [5, 5.41) is 0. The Balaban J connectivity index is 1.53. The predicted molar refractivity (Wildman–Crippen MR) is 123 cm³/mol. The van der Waals surface area contributed by atoms with E-state index in [0.29, 0.717) is 41.8 Å². The van der Waals surface area contributed by atoms with Crippen LogP contribution < -0.4 is 23.8 Å². The lowest BCUT2D eigenvalue weighted by Gasteiger charge is -2.29. The van der Waals surface area contributed by atoms with Crippen molar-refractivity contribution in [2.75, 3.05) is 46.4 Å². The van der Waals surface area contributed by atoms with Gasteiger partial charge >= 0.3 is 0 Å². The molecular weight excluding hydrogens is 424 g/mol. The molecule has 8 heteroatoms. The number of carbonyl (C=O) groups excluding carboxylic acids is 2. The Morgan fingerprint density at radius 2 is 1.67 bits per heavy atom. The van der Waals surface area contributed by atoms with Crippen LogP contribution in [-0.4, -0.2) is 58.2 Å². The largest absolute Gasteiger partial charge is 0.497 e. The molecular formula is C25H30N2O6. The minimum atomic E-state index is -0.393. The number of carbonyl (C=O) groups is 2. The van der Waals surface area contributed by atoms with Crippen molar-refractivity contribution in [3.8, 4) is 23.0 Å². The number of nitrogens with zero attached hydrogens (tertiary/aromatic N) is 2. The summed E-state index contributed by atoms with van der Waals surface area (Å²) in [5.74, 6) is 2.09. The van der Waals surface area contributed by atoms with Gasteiger partial charge in [-0.25, -0.2) is 0 Å². The van der Waals surface area contributed by atoms with Crippen molar-refractivity contribution in [2.24, 2.45) is 5.92 Å². The van der Waals surface area contributed by atoms with Crippen molar-refractivity contribution >= 4 is 17.5 Å². The molecule has 2 aliphatic heterocycles. The van der Waals surface area contributed by atoms with Crippen LogP contribution in [0, 0.1) is 5.92 Å². The molecule has 2 atom stereocenters. The van der Waals surface area contributed by atoms with Gasteiger partial charge in [0.25, 0.3) is 0 Å². The molecule has 2 aliphatic rings. The van der Waals surface area contributed by atoms with Gasteiger partial charge in [-0.05, 0) is 37.1 Å². The maximum atomic E-state index is 13.5. The van der Waals surface area contributed by atoms with Gasteiger partial charge in [0.2, 0.25) is 11.8 Å². The molecule has 0 saturated carbocycles. The van der Waals surface area contributed by atoms with E-state index in [1.807, 2.05) is 29.2 Å². The van der Waals surface area contributed by atoms with Crippen molar-refractivity contribution in [3.63, 3.8) is 0 Å². The summed E-state index contributed by atoms with van der Waals surface area (Å²) < 4.78 is 21.5. The normalized spacial score (nSPS) is 20.2. The summed E-state index contributed by atoms with van der Waals surface area (Å²) in [6, 6.07) is 11.0. The fourth-order valence-electron chi connectivity index (χ4n) is 4.80. The van der Waals surface area contributed by atoms with E-state index < -0.39 is 5.92 Å². The van der Waals surface area contributed by atoms with Crippen LogP contribution in [0.1, 0.15) is 30.9 Å². The van der Waals surface area contributed by atoms with Gasteiger partial charge in [0.1, 0.15) is 11.5 Å². The van der Waals surface area contributed by atoms with Crippen LogP contribution in [-0.2, 0) is 9.59 Å². The number of rotatable bonds is 7. The Hall–Kier alpha value is -3.42. The number of hydrogen-bond acceptors (Lipinski definition) is 6. The number of benzene rings is 2. The lowest BCUT2D eigenvalue weighted by molar-refractivity contribution is -0.136. The van der Waals surface area contributed by atoms with Crippen LogP contribution >= 0.6 is 0 Å². The van der Waals surface area contributed by atoms with E-state index >= 15 is 0 Å². The Morgan fingerprint density at radius 3 is 2.36 bits per heavy atom. The molecule has 0 spiro atoms. The summed E-state index contributed by atoms with van der Waals surface area (Å²) >= 11 is 0. The molecule has 4 rings (SSSR count). The zero-order chi connectivity index (χ0) is 23.5. The van der Waals surface area contributed by atoms with E-state index in [4.69, 9.17) is 18.9 Å². The highest BCUT2D eigenvalue weighted by molar-refractivity contribution is 6.00. The second-order valence-corrected chi connectivity index (χ2v) is 8.24. The molecule has 0 aromatic heterocycles. The van der Waals surface area contributed by atoms with E-state index in [0.717, 1.165) is 18.4 Å². The number of likely N-dealkylation sites (tertiary alicyclic amines) is 1. The Bertz CT molecular complexity index is 1040. The summed E-state index contributed by atoms with van der Waals surface area (Å²) in [5.41, 5.74) is 1.66. The number of methoxy groups -OCH3 is 4. The van der Waals surface area contributed by atoms with Crippen molar-refractivity contribution in [1.29, 1.82) is 0 Å². The maximum absolute atomic E-state index is 13.5. The third-order valence-corrected chi connectivity index (χ3v) is 6.49. The Morgan fingerprint density at radius 1 is 0.909 bits per heavy atom. The van der Waals surface area contributed by atoms with Crippen LogP contribution in [0.25, 0.3) is 0 Å². The zero-order valence-corrected chi connectivity index (χ0v) is 19.5. The first-order valence-corrected chi connectivity index (χ1v) is 11.1. The van der Waals surface area contributed by atoms with Gasteiger partial charge in [-0.15, -0.1) is 0 Å². The van der Waals surface area contributed by atoms with E-state index in [1.54, 1.807) is 45.5 Å². The molecule has 2 aromatic rings. The molecule has 2 saturated heterocycles. The van der Waals surface area contributed by atoms with Crippen LogP contribution in [0.3, 0.4) is 0 Å². The third kappa shape index (κ3) is 4.29. The molecule has 0 aliphatic carbocycles. The molecule has 2 fully saturated rings. The summed E-state index contributed by atoms with van der Waals surface area (Å²) in [6.07, 6.45) is 1.95. The molecule has 0 bridgehead atoms. The van der Waals surface area contributed by atoms with Gasteiger partial charge in [0, 0.05) is 42.9 Å². The van der Waals surface area contributed by atoms with Gasteiger partial charge in [0.05, 0.1) is 40.4 Å². The predicted octanol–water partition coefficient (Wildman–Crippen LogP) is 3.44. The Labute approximate surface area is 194 Å². The van der Waals surface area contributed by atoms with E-state index in [-0.39, 0.29) is 24.3 Å². The lowest BCUT2D eigenvalue weighted by Crippen LogP contribution is -2.37. The van der Waals surface area contributed by atoms with Crippen molar-refractivity contribution in [2.45, 2.75) is 25.3 Å². The van der Waals surface area contributed by atoms with Gasteiger partial charge in [-0.1, -0.05) is 0 Å². The quantitative estimate of drug-likeness (QED) is 0.638. The van der Waals surface area contributed by atoms with Crippen molar-refractivity contribution < 1.29 is 28.5 Å². The summed E-state index contributed by atoms with van der Waals surface area (Å²) in [7, 11) is 6.36. The van der Waals surface area contributed by atoms with Gasteiger partial charge < -0.3 is 28.7 Å². The number of hydrogen-bond donors (Lipinski definition) is 0. The van der Waals surface area contributed by atoms with Gasteiger partial charge in [-0.2, -0.15) is 0 Å². The molecule has 176 valence electrons. The lowest BCUT2D eigenvalue weighted by atomic mass is 10.0. The highest BCUT2D eigenvalue weighted by atomic mass is 16.5. The van der Waals surface area contributed by atoms with Crippen LogP contribution in [0.2, 0.25) is 0 Å². The molecule has 0 radical (unpaired) electrons. The molecule has 2 heterocycles. The van der Waals surface area contributed by atoms with Gasteiger partial charge in [-0.3, -0.25) is 9.59 Å².